The molecule has 0 aromatic carbocycles. The molecule has 0 fully saturated rings. The summed E-state index contributed by atoms with van der Waals surface area (Å²) >= 11 is 0. The van der Waals surface area contributed by atoms with E-state index in [0.29, 0.717) is 28.7 Å². The fourth-order valence-electron chi connectivity index (χ4n) is 2.29. The van der Waals surface area contributed by atoms with Crippen LogP contribution in [0.4, 0.5) is 5.69 Å². The van der Waals surface area contributed by atoms with Crippen LogP contribution >= 0.6 is 0 Å². The van der Waals surface area contributed by atoms with Gasteiger partial charge in [0.25, 0.3) is 5.91 Å². The molecule has 2 heterocycles. The van der Waals surface area contributed by atoms with E-state index in [4.69, 9.17) is 0 Å². The second-order valence-corrected chi connectivity index (χ2v) is 7.24. The Balaban J connectivity index is 2.24. The van der Waals surface area contributed by atoms with Crippen LogP contribution in [0, 0.1) is 5.41 Å². The maximum absolute atomic E-state index is 12.2. The van der Waals surface area contributed by atoms with Crippen LogP contribution in [-0.4, -0.2) is 27.8 Å². The lowest BCUT2D eigenvalue weighted by Gasteiger charge is -2.17. The van der Waals surface area contributed by atoms with Crippen LogP contribution in [0.5, 0.6) is 0 Å². The van der Waals surface area contributed by atoms with Gasteiger partial charge in [-0.25, -0.2) is 4.98 Å². The first-order chi connectivity index (χ1) is 10.7. The van der Waals surface area contributed by atoms with Gasteiger partial charge in [-0.3, -0.25) is 9.59 Å². The summed E-state index contributed by atoms with van der Waals surface area (Å²) in [6.45, 7) is 9.84. The summed E-state index contributed by atoms with van der Waals surface area (Å²) in [5.41, 5.74) is 1.64. The van der Waals surface area contributed by atoms with E-state index in [1.54, 1.807) is 18.5 Å². The SMILES string of the molecule is CC(C)NC(=O)c1c[nH]c2ncc(NC(=O)CC(C)(C)C)cc12. The van der Waals surface area contributed by atoms with Crippen LogP contribution in [-0.2, 0) is 4.79 Å². The molecule has 2 amide bonds. The van der Waals surface area contributed by atoms with Gasteiger partial charge in [0.1, 0.15) is 5.65 Å². The average Bonchev–Trinajstić information content (AvgIpc) is 2.78. The molecule has 3 N–H and O–H groups in total. The molecule has 6 heteroatoms. The molecule has 124 valence electrons. The van der Waals surface area contributed by atoms with Gasteiger partial charge in [-0.05, 0) is 25.3 Å². The molecule has 0 radical (unpaired) electrons. The largest absolute Gasteiger partial charge is 0.350 e. The minimum atomic E-state index is -0.161. The Morgan fingerprint density at radius 2 is 2.00 bits per heavy atom. The molecule has 0 bridgehead atoms. The molecule has 0 unspecified atom stereocenters. The van der Waals surface area contributed by atoms with E-state index in [0.717, 1.165) is 0 Å². The van der Waals surface area contributed by atoms with Crippen LogP contribution < -0.4 is 10.6 Å². The lowest BCUT2D eigenvalue weighted by molar-refractivity contribution is -0.117. The summed E-state index contributed by atoms with van der Waals surface area (Å²) in [4.78, 5) is 31.5. The van der Waals surface area contributed by atoms with Gasteiger partial charge < -0.3 is 15.6 Å². The average molecular weight is 316 g/mol. The molecule has 2 aromatic heterocycles. The Morgan fingerprint density at radius 3 is 2.61 bits per heavy atom. The van der Waals surface area contributed by atoms with E-state index < -0.39 is 0 Å². The molecule has 0 aliphatic heterocycles. The summed E-state index contributed by atoms with van der Waals surface area (Å²) in [5.74, 6) is -0.228. The molecular formula is C17H24N4O2. The second kappa shape index (κ2) is 6.40. The van der Waals surface area contributed by atoms with Crippen molar-refractivity contribution >= 4 is 28.5 Å². The fraction of sp³-hybridized carbons (Fsp3) is 0.471. The fourth-order valence-corrected chi connectivity index (χ4v) is 2.29. The maximum Gasteiger partial charge on any atom is 0.253 e. The van der Waals surface area contributed by atoms with Gasteiger partial charge in [-0.1, -0.05) is 20.8 Å². The quantitative estimate of drug-likeness (QED) is 0.810. The van der Waals surface area contributed by atoms with Crippen molar-refractivity contribution in [2.24, 2.45) is 5.41 Å². The zero-order chi connectivity index (χ0) is 17.2. The van der Waals surface area contributed by atoms with E-state index in [-0.39, 0.29) is 23.3 Å². The van der Waals surface area contributed by atoms with Gasteiger partial charge in [0.2, 0.25) is 5.91 Å². The highest BCUT2D eigenvalue weighted by molar-refractivity contribution is 6.07. The highest BCUT2D eigenvalue weighted by Gasteiger charge is 2.17. The molecular weight excluding hydrogens is 292 g/mol. The van der Waals surface area contributed by atoms with Crippen molar-refractivity contribution < 1.29 is 9.59 Å². The summed E-state index contributed by atoms with van der Waals surface area (Å²) in [6.07, 6.45) is 3.64. The van der Waals surface area contributed by atoms with Crippen molar-refractivity contribution in [3.8, 4) is 0 Å². The lowest BCUT2D eigenvalue weighted by atomic mass is 9.92. The minimum absolute atomic E-state index is 0.0510. The standard InChI is InChI=1S/C17H24N4O2/c1-10(2)20-16(23)13-9-19-15-12(13)6-11(8-18-15)21-14(22)7-17(3,4)5/h6,8-10H,7H2,1-5H3,(H,18,19)(H,20,23)(H,21,22). The number of carbonyl (C=O) groups excluding carboxylic acids is 2. The Bertz CT molecular complexity index is 726. The number of pyridine rings is 1. The number of amides is 2. The molecule has 0 saturated heterocycles. The number of aromatic nitrogens is 2. The van der Waals surface area contributed by atoms with Crippen LogP contribution in [0.25, 0.3) is 11.0 Å². The summed E-state index contributed by atoms with van der Waals surface area (Å²) < 4.78 is 0. The number of hydrogen-bond donors (Lipinski definition) is 3. The number of hydrogen-bond acceptors (Lipinski definition) is 3. The number of nitrogens with zero attached hydrogens (tertiary/aromatic N) is 1. The minimum Gasteiger partial charge on any atom is -0.350 e. The number of fused-ring (bicyclic) bond motifs is 1. The Labute approximate surface area is 136 Å². The van der Waals surface area contributed by atoms with Crippen LogP contribution in [0.15, 0.2) is 18.5 Å². The number of H-pyrrole nitrogens is 1. The van der Waals surface area contributed by atoms with E-state index in [9.17, 15) is 9.59 Å². The first-order valence-corrected chi connectivity index (χ1v) is 7.73. The number of aromatic amines is 1. The van der Waals surface area contributed by atoms with Gasteiger partial charge in [-0.15, -0.1) is 0 Å². The van der Waals surface area contributed by atoms with Crippen molar-refractivity contribution in [2.75, 3.05) is 5.32 Å². The van der Waals surface area contributed by atoms with Gasteiger partial charge in [0.05, 0.1) is 17.4 Å². The summed E-state index contributed by atoms with van der Waals surface area (Å²) in [6, 6.07) is 1.82. The number of anilines is 1. The molecule has 0 aliphatic rings. The monoisotopic (exact) mass is 316 g/mol. The first-order valence-electron chi connectivity index (χ1n) is 7.73. The first kappa shape index (κ1) is 17.0. The van der Waals surface area contributed by atoms with E-state index in [1.165, 1.54) is 0 Å². The molecule has 0 aliphatic carbocycles. The third kappa shape index (κ3) is 4.55. The molecule has 23 heavy (non-hydrogen) atoms. The second-order valence-electron chi connectivity index (χ2n) is 7.24. The highest BCUT2D eigenvalue weighted by atomic mass is 16.2. The molecule has 6 nitrogen and oxygen atoms in total. The van der Waals surface area contributed by atoms with Gasteiger partial charge >= 0.3 is 0 Å². The van der Waals surface area contributed by atoms with Crippen LogP contribution in [0.1, 0.15) is 51.4 Å². The zero-order valence-electron chi connectivity index (χ0n) is 14.3. The number of carbonyl (C=O) groups is 2. The van der Waals surface area contributed by atoms with E-state index in [1.807, 2.05) is 34.6 Å². The number of rotatable bonds is 4. The Kier molecular flexibility index (Phi) is 4.73. The van der Waals surface area contributed by atoms with Gasteiger partial charge in [0.15, 0.2) is 0 Å². The predicted molar refractivity (Wildman–Crippen MR) is 91.4 cm³/mol. The number of nitrogens with one attached hydrogen (secondary N) is 3. The van der Waals surface area contributed by atoms with Crippen molar-refractivity contribution in [3.05, 3.63) is 24.0 Å². The molecule has 2 aromatic rings. The van der Waals surface area contributed by atoms with Crippen molar-refractivity contribution in [1.29, 1.82) is 0 Å². The van der Waals surface area contributed by atoms with Crippen molar-refractivity contribution in [3.63, 3.8) is 0 Å². The van der Waals surface area contributed by atoms with E-state index >= 15 is 0 Å². The van der Waals surface area contributed by atoms with Crippen LogP contribution in [0.3, 0.4) is 0 Å². The summed E-state index contributed by atoms with van der Waals surface area (Å²) in [5, 5.41) is 6.39. The third-order valence-electron chi connectivity index (χ3n) is 3.17. The highest BCUT2D eigenvalue weighted by Crippen LogP contribution is 2.22. The van der Waals surface area contributed by atoms with Crippen molar-refractivity contribution in [1.82, 2.24) is 15.3 Å². The smallest absolute Gasteiger partial charge is 0.253 e. The van der Waals surface area contributed by atoms with Gasteiger partial charge in [-0.2, -0.15) is 0 Å². The Morgan fingerprint density at radius 1 is 1.30 bits per heavy atom. The maximum atomic E-state index is 12.2. The normalized spacial score (nSPS) is 11.7. The van der Waals surface area contributed by atoms with Crippen LogP contribution in [0.2, 0.25) is 0 Å². The third-order valence-corrected chi connectivity index (χ3v) is 3.17. The van der Waals surface area contributed by atoms with Gasteiger partial charge in [0, 0.05) is 24.0 Å². The zero-order valence-corrected chi connectivity index (χ0v) is 14.3. The topological polar surface area (TPSA) is 86.9 Å². The lowest BCUT2D eigenvalue weighted by Crippen LogP contribution is -2.29. The molecule has 0 atom stereocenters. The summed E-state index contributed by atoms with van der Waals surface area (Å²) in [7, 11) is 0. The predicted octanol–water partition coefficient (Wildman–Crippen LogP) is 3.08. The molecule has 0 saturated carbocycles. The Hall–Kier alpha value is -2.37. The van der Waals surface area contributed by atoms with E-state index in [2.05, 4.69) is 20.6 Å². The van der Waals surface area contributed by atoms with Crippen molar-refractivity contribution in [2.45, 2.75) is 47.1 Å². The molecule has 0 spiro atoms. The molecule has 2 rings (SSSR count).